The molecule has 1 saturated heterocycles. The summed E-state index contributed by atoms with van der Waals surface area (Å²) in [6, 6.07) is 12.0. The van der Waals surface area contributed by atoms with E-state index >= 15 is 0 Å². The zero-order valence-corrected chi connectivity index (χ0v) is 11.7. The molecule has 1 unspecified atom stereocenters. The van der Waals surface area contributed by atoms with Gasteiger partial charge in [0.1, 0.15) is 6.10 Å². The van der Waals surface area contributed by atoms with Crippen molar-refractivity contribution in [3.63, 3.8) is 0 Å². The third kappa shape index (κ3) is 3.29. The van der Waals surface area contributed by atoms with E-state index in [9.17, 15) is 4.79 Å². The van der Waals surface area contributed by atoms with Crippen molar-refractivity contribution in [1.29, 1.82) is 0 Å². The van der Waals surface area contributed by atoms with Gasteiger partial charge in [-0.2, -0.15) is 5.10 Å². The van der Waals surface area contributed by atoms with Gasteiger partial charge in [-0.05, 0) is 6.07 Å². The van der Waals surface area contributed by atoms with Gasteiger partial charge in [0.05, 0.1) is 19.0 Å². The molecule has 1 atom stereocenters. The Labute approximate surface area is 123 Å². The number of nitrogens with zero attached hydrogens (tertiary/aromatic N) is 3. The van der Waals surface area contributed by atoms with Gasteiger partial charge in [0.15, 0.2) is 0 Å². The minimum Gasteiger partial charge on any atom is -0.367 e. The lowest BCUT2D eigenvalue weighted by Crippen LogP contribution is -2.48. The normalized spacial score (nSPS) is 19.5. The van der Waals surface area contributed by atoms with Crippen molar-refractivity contribution in [3.8, 4) is 11.3 Å². The van der Waals surface area contributed by atoms with Gasteiger partial charge < -0.3 is 10.5 Å². The van der Waals surface area contributed by atoms with E-state index < -0.39 is 12.0 Å². The second-order valence-corrected chi connectivity index (χ2v) is 5.09. The highest BCUT2D eigenvalue weighted by Crippen LogP contribution is 2.16. The molecule has 1 aliphatic rings. The monoisotopic (exact) mass is 286 g/mol. The molecule has 0 spiro atoms. The van der Waals surface area contributed by atoms with Crippen molar-refractivity contribution in [2.24, 2.45) is 5.73 Å². The largest absolute Gasteiger partial charge is 0.367 e. The third-order valence-corrected chi connectivity index (χ3v) is 3.52. The topological polar surface area (TPSA) is 73.4 Å². The SMILES string of the molecule is NC(=O)C1CN(Cn2ccc(-c3ccccc3)n2)CCO1. The van der Waals surface area contributed by atoms with Crippen LogP contribution in [0.1, 0.15) is 0 Å². The maximum Gasteiger partial charge on any atom is 0.247 e. The van der Waals surface area contributed by atoms with Crippen molar-refractivity contribution < 1.29 is 9.53 Å². The molecule has 2 heterocycles. The third-order valence-electron chi connectivity index (χ3n) is 3.52. The van der Waals surface area contributed by atoms with Gasteiger partial charge in [0.2, 0.25) is 5.91 Å². The number of morpholine rings is 1. The number of benzene rings is 1. The summed E-state index contributed by atoms with van der Waals surface area (Å²) >= 11 is 0. The summed E-state index contributed by atoms with van der Waals surface area (Å²) < 4.78 is 7.20. The van der Waals surface area contributed by atoms with Crippen molar-refractivity contribution in [2.45, 2.75) is 12.8 Å². The Kier molecular flexibility index (Phi) is 3.98. The molecular weight excluding hydrogens is 268 g/mol. The summed E-state index contributed by atoms with van der Waals surface area (Å²) in [5.41, 5.74) is 7.32. The minimum atomic E-state index is -0.525. The van der Waals surface area contributed by atoms with E-state index in [2.05, 4.69) is 10.00 Å². The molecule has 2 N–H and O–H groups in total. The zero-order valence-electron chi connectivity index (χ0n) is 11.7. The molecule has 1 aliphatic heterocycles. The molecule has 2 aromatic rings. The van der Waals surface area contributed by atoms with Crippen molar-refractivity contribution in [2.75, 3.05) is 19.7 Å². The predicted octanol–water partition coefficient (Wildman–Crippen LogP) is 0.694. The van der Waals surface area contributed by atoms with E-state index in [4.69, 9.17) is 10.5 Å². The maximum atomic E-state index is 11.2. The Bertz CT molecular complexity index is 611. The summed E-state index contributed by atoms with van der Waals surface area (Å²) in [5, 5.41) is 4.56. The summed E-state index contributed by atoms with van der Waals surface area (Å²) in [7, 11) is 0. The number of carbonyl (C=O) groups excluding carboxylic acids is 1. The lowest BCUT2D eigenvalue weighted by molar-refractivity contribution is -0.136. The van der Waals surface area contributed by atoms with Gasteiger partial charge in [-0.1, -0.05) is 30.3 Å². The Morgan fingerprint density at radius 2 is 2.14 bits per heavy atom. The maximum absolute atomic E-state index is 11.2. The Hall–Kier alpha value is -2.18. The Balaban J connectivity index is 1.66. The van der Waals surface area contributed by atoms with Crippen LogP contribution in [-0.2, 0) is 16.2 Å². The van der Waals surface area contributed by atoms with Crippen molar-refractivity contribution >= 4 is 5.91 Å². The molecule has 6 nitrogen and oxygen atoms in total. The number of hydrogen-bond acceptors (Lipinski definition) is 4. The first-order chi connectivity index (χ1) is 10.2. The second-order valence-electron chi connectivity index (χ2n) is 5.09. The lowest BCUT2D eigenvalue weighted by atomic mass is 10.2. The van der Waals surface area contributed by atoms with Crippen LogP contribution in [0.2, 0.25) is 0 Å². The number of primary amides is 1. The first-order valence-corrected chi connectivity index (χ1v) is 6.94. The minimum absolute atomic E-state index is 0.412. The smallest absolute Gasteiger partial charge is 0.247 e. The fourth-order valence-electron chi connectivity index (χ4n) is 2.41. The molecule has 0 bridgehead atoms. The van der Waals surface area contributed by atoms with Gasteiger partial charge in [0, 0.05) is 24.8 Å². The number of rotatable bonds is 4. The quantitative estimate of drug-likeness (QED) is 0.897. The van der Waals surface area contributed by atoms with Crippen LogP contribution in [0.4, 0.5) is 0 Å². The highest BCUT2D eigenvalue weighted by molar-refractivity contribution is 5.79. The molecule has 1 aromatic carbocycles. The average Bonchev–Trinajstić information content (AvgIpc) is 2.97. The molecule has 1 aromatic heterocycles. The molecule has 3 rings (SSSR count). The molecule has 0 radical (unpaired) electrons. The molecule has 0 aliphatic carbocycles. The van der Waals surface area contributed by atoms with E-state index in [-0.39, 0.29) is 0 Å². The number of amides is 1. The van der Waals surface area contributed by atoms with Gasteiger partial charge in [-0.25, -0.2) is 0 Å². The van der Waals surface area contributed by atoms with E-state index in [0.29, 0.717) is 19.8 Å². The van der Waals surface area contributed by atoms with Gasteiger partial charge >= 0.3 is 0 Å². The first-order valence-electron chi connectivity index (χ1n) is 6.94. The Morgan fingerprint density at radius 1 is 1.33 bits per heavy atom. The van der Waals surface area contributed by atoms with E-state index in [1.807, 2.05) is 47.3 Å². The van der Waals surface area contributed by atoms with Crippen LogP contribution in [0.25, 0.3) is 11.3 Å². The highest BCUT2D eigenvalue weighted by Gasteiger charge is 2.24. The zero-order chi connectivity index (χ0) is 14.7. The summed E-state index contributed by atoms with van der Waals surface area (Å²) in [4.78, 5) is 13.3. The van der Waals surface area contributed by atoms with E-state index in [0.717, 1.165) is 17.8 Å². The molecule has 0 saturated carbocycles. The van der Waals surface area contributed by atoms with E-state index in [1.165, 1.54) is 0 Å². The van der Waals surface area contributed by atoms with Gasteiger partial charge in [-0.3, -0.25) is 14.4 Å². The van der Waals surface area contributed by atoms with Gasteiger partial charge in [0.25, 0.3) is 0 Å². The number of carbonyl (C=O) groups is 1. The number of aromatic nitrogens is 2. The van der Waals surface area contributed by atoms with Gasteiger partial charge in [-0.15, -0.1) is 0 Å². The molecule has 1 amide bonds. The van der Waals surface area contributed by atoms with E-state index in [1.54, 1.807) is 0 Å². The van der Waals surface area contributed by atoms with Crippen molar-refractivity contribution in [3.05, 3.63) is 42.6 Å². The fraction of sp³-hybridized carbons (Fsp3) is 0.333. The summed E-state index contributed by atoms with van der Waals surface area (Å²) in [6.07, 6.45) is 1.42. The summed E-state index contributed by atoms with van der Waals surface area (Å²) in [5.74, 6) is -0.412. The predicted molar refractivity (Wildman–Crippen MR) is 78.2 cm³/mol. The van der Waals surface area contributed by atoms with Crippen LogP contribution < -0.4 is 5.73 Å². The van der Waals surface area contributed by atoms with Crippen LogP contribution in [-0.4, -0.2) is 46.4 Å². The highest BCUT2D eigenvalue weighted by atomic mass is 16.5. The van der Waals surface area contributed by atoms with Crippen LogP contribution in [0.15, 0.2) is 42.6 Å². The number of nitrogens with two attached hydrogens (primary N) is 1. The number of hydrogen-bond donors (Lipinski definition) is 1. The average molecular weight is 286 g/mol. The van der Waals surface area contributed by atoms with Crippen LogP contribution >= 0.6 is 0 Å². The first kappa shape index (κ1) is 13.8. The Morgan fingerprint density at radius 3 is 2.90 bits per heavy atom. The van der Waals surface area contributed by atoms with Crippen LogP contribution in [0.5, 0.6) is 0 Å². The molecule has 21 heavy (non-hydrogen) atoms. The molecule has 110 valence electrons. The lowest BCUT2D eigenvalue weighted by Gasteiger charge is -2.30. The molecule has 1 fully saturated rings. The van der Waals surface area contributed by atoms with Crippen molar-refractivity contribution in [1.82, 2.24) is 14.7 Å². The summed E-state index contributed by atoms with van der Waals surface area (Å²) in [6.45, 7) is 2.42. The second kappa shape index (κ2) is 6.07. The van der Waals surface area contributed by atoms with Crippen LogP contribution in [0, 0.1) is 0 Å². The standard InChI is InChI=1S/C15H18N4O2/c16-15(20)14-10-18(8-9-21-14)11-19-7-6-13(17-19)12-4-2-1-3-5-12/h1-7,14H,8-11H2,(H2,16,20). The van der Waals surface area contributed by atoms with Crippen LogP contribution in [0.3, 0.4) is 0 Å². The fourth-order valence-corrected chi connectivity index (χ4v) is 2.41. The molecular formula is C15H18N4O2. The number of ether oxygens (including phenoxy) is 1. The molecule has 6 heteroatoms.